The van der Waals surface area contributed by atoms with E-state index in [2.05, 4.69) is 0 Å². The first-order valence-electron chi connectivity index (χ1n) is 4.08. The highest BCUT2D eigenvalue weighted by atomic mass is 35.7. The van der Waals surface area contributed by atoms with Gasteiger partial charge >= 0.3 is 0 Å². The summed E-state index contributed by atoms with van der Waals surface area (Å²) in [4.78, 5) is 0. The second-order valence-electron chi connectivity index (χ2n) is 3.20. The molecule has 0 spiro atoms. The van der Waals surface area contributed by atoms with E-state index >= 15 is 0 Å². The van der Waals surface area contributed by atoms with Gasteiger partial charge in [-0.2, -0.15) is 0 Å². The molecule has 0 unspecified atom stereocenters. The van der Waals surface area contributed by atoms with E-state index in [0.717, 1.165) is 22.1 Å². The molecule has 0 aliphatic heterocycles. The third-order valence-corrected chi connectivity index (χ3v) is 2.44. The average molecular weight is 231 g/mol. The second kappa shape index (κ2) is 4.15. The van der Waals surface area contributed by atoms with E-state index in [1.54, 1.807) is 0 Å². The molecule has 76 valence electrons. The van der Waals surface area contributed by atoms with Crippen LogP contribution >= 0.6 is 10.7 Å². The van der Waals surface area contributed by atoms with E-state index in [-0.39, 0.29) is 0 Å². The topological polar surface area (TPSA) is 34.1 Å². The van der Waals surface area contributed by atoms with Crippen LogP contribution in [-0.2, 0) is 9.05 Å². The fourth-order valence-electron chi connectivity index (χ4n) is 1.27. The molecule has 0 amide bonds. The van der Waals surface area contributed by atoms with Crippen LogP contribution in [0.1, 0.15) is 16.7 Å². The van der Waals surface area contributed by atoms with Crippen molar-refractivity contribution in [3.63, 3.8) is 0 Å². The van der Waals surface area contributed by atoms with Crippen molar-refractivity contribution in [2.75, 3.05) is 0 Å². The van der Waals surface area contributed by atoms with Crippen LogP contribution in [0, 0.1) is 13.8 Å². The van der Waals surface area contributed by atoms with Crippen LogP contribution in [0.15, 0.2) is 23.6 Å². The minimum atomic E-state index is -3.56. The average Bonchev–Trinajstić information content (AvgIpc) is 1.97. The Balaban J connectivity index is 3.04. The zero-order valence-corrected chi connectivity index (χ0v) is 9.56. The van der Waals surface area contributed by atoms with Gasteiger partial charge in [-0.3, -0.25) is 0 Å². The summed E-state index contributed by atoms with van der Waals surface area (Å²) < 4.78 is 21.3. The van der Waals surface area contributed by atoms with Crippen molar-refractivity contribution in [1.82, 2.24) is 0 Å². The molecule has 0 aliphatic carbocycles. The predicted octanol–water partition coefficient (Wildman–Crippen LogP) is 2.84. The Bertz CT molecular complexity index is 441. The fourth-order valence-corrected chi connectivity index (χ4v) is 1.74. The van der Waals surface area contributed by atoms with Crippen molar-refractivity contribution >= 4 is 25.8 Å². The van der Waals surface area contributed by atoms with E-state index < -0.39 is 9.05 Å². The molecule has 0 aliphatic rings. The van der Waals surface area contributed by atoms with Crippen LogP contribution in [0.3, 0.4) is 0 Å². The normalized spacial score (nSPS) is 12.2. The third-order valence-electron chi connectivity index (χ3n) is 1.67. The van der Waals surface area contributed by atoms with Crippen molar-refractivity contribution in [3.8, 4) is 0 Å². The number of hydrogen-bond acceptors (Lipinski definition) is 2. The van der Waals surface area contributed by atoms with Crippen LogP contribution in [0.2, 0.25) is 0 Å². The zero-order chi connectivity index (χ0) is 10.8. The Labute approximate surface area is 88.6 Å². The third kappa shape index (κ3) is 3.94. The molecule has 1 rings (SSSR count). The maximum Gasteiger partial charge on any atom is 0.254 e. The van der Waals surface area contributed by atoms with Gasteiger partial charge in [-0.25, -0.2) is 8.42 Å². The van der Waals surface area contributed by atoms with Gasteiger partial charge in [0.05, 0.1) is 0 Å². The predicted molar refractivity (Wildman–Crippen MR) is 59.7 cm³/mol. The molecule has 0 radical (unpaired) electrons. The van der Waals surface area contributed by atoms with Crippen LogP contribution in [0.5, 0.6) is 0 Å². The van der Waals surface area contributed by atoms with Gasteiger partial charge in [-0.15, -0.1) is 0 Å². The first-order valence-corrected chi connectivity index (χ1v) is 6.45. The minimum absolute atomic E-state index is 0.840. The molecule has 4 heteroatoms. The molecule has 1 aromatic carbocycles. The van der Waals surface area contributed by atoms with Crippen LogP contribution in [0.25, 0.3) is 6.08 Å². The summed E-state index contributed by atoms with van der Waals surface area (Å²) in [6, 6.07) is 5.81. The Hall–Kier alpha value is -0.800. The summed E-state index contributed by atoms with van der Waals surface area (Å²) in [7, 11) is 1.49. The first kappa shape index (κ1) is 11.3. The lowest BCUT2D eigenvalue weighted by atomic mass is 10.1. The Morgan fingerprint density at radius 2 is 1.64 bits per heavy atom. The molecular formula is C10H11ClO2S. The molecule has 0 atom stereocenters. The van der Waals surface area contributed by atoms with E-state index in [1.165, 1.54) is 6.08 Å². The highest BCUT2D eigenvalue weighted by Crippen LogP contribution is 2.11. The number of benzene rings is 1. The van der Waals surface area contributed by atoms with Gasteiger partial charge in [0.2, 0.25) is 0 Å². The molecule has 0 heterocycles. The van der Waals surface area contributed by atoms with E-state index in [0.29, 0.717) is 0 Å². The summed E-state index contributed by atoms with van der Waals surface area (Å²) in [5.74, 6) is 0. The van der Waals surface area contributed by atoms with Crippen molar-refractivity contribution < 1.29 is 8.42 Å². The zero-order valence-electron chi connectivity index (χ0n) is 7.99. The molecular weight excluding hydrogens is 220 g/mol. The quantitative estimate of drug-likeness (QED) is 0.733. The Morgan fingerprint density at radius 1 is 1.14 bits per heavy atom. The monoisotopic (exact) mass is 230 g/mol. The Morgan fingerprint density at radius 3 is 2.07 bits per heavy atom. The largest absolute Gasteiger partial charge is 0.254 e. The molecule has 0 saturated carbocycles. The van der Waals surface area contributed by atoms with Gasteiger partial charge in [0.1, 0.15) is 0 Å². The van der Waals surface area contributed by atoms with E-state index in [1.807, 2.05) is 32.0 Å². The van der Waals surface area contributed by atoms with Crippen molar-refractivity contribution in [2.24, 2.45) is 0 Å². The smallest absolute Gasteiger partial charge is 0.208 e. The molecule has 14 heavy (non-hydrogen) atoms. The molecule has 0 fully saturated rings. The van der Waals surface area contributed by atoms with Gasteiger partial charge in [-0.1, -0.05) is 29.3 Å². The van der Waals surface area contributed by atoms with Crippen molar-refractivity contribution in [1.29, 1.82) is 0 Å². The summed E-state index contributed by atoms with van der Waals surface area (Å²) in [5.41, 5.74) is 3.03. The fraction of sp³-hybridized carbons (Fsp3) is 0.200. The van der Waals surface area contributed by atoms with Crippen molar-refractivity contribution in [2.45, 2.75) is 13.8 Å². The lowest BCUT2D eigenvalue weighted by molar-refractivity contribution is 0.617. The molecule has 0 N–H and O–H groups in total. The number of rotatable bonds is 2. The van der Waals surface area contributed by atoms with Crippen molar-refractivity contribution in [3.05, 3.63) is 40.3 Å². The SMILES string of the molecule is Cc1cc(C)cc(/C=C/S(=O)(=O)Cl)c1. The molecule has 0 bridgehead atoms. The summed E-state index contributed by atoms with van der Waals surface area (Å²) in [6.45, 7) is 3.92. The van der Waals surface area contributed by atoms with Crippen LogP contribution in [0.4, 0.5) is 0 Å². The molecule has 0 saturated heterocycles. The standard InChI is InChI=1S/C10H11ClO2S/c1-8-5-9(2)7-10(6-8)3-4-14(11,12)13/h3-7H,1-2H3/b4-3+. The summed E-state index contributed by atoms with van der Waals surface area (Å²) in [5, 5.41) is 0.989. The van der Waals surface area contributed by atoms with Gasteiger partial charge in [0, 0.05) is 16.1 Å². The van der Waals surface area contributed by atoms with E-state index in [9.17, 15) is 8.42 Å². The lowest BCUT2D eigenvalue weighted by Gasteiger charge is -1.98. The van der Waals surface area contributed by atoms with Gasteiger partial charge in [-0.05, 0) is 25.5 Å². The van der Waals surface area contributed by atoms with Gasteiger partial charge in [0.15, 0.2) is 0 Å². The minimum Gasteiger partial charge on any atom is -0.208 e. The van der Waals surface area contributed by atoms with Gasteiger partial charge < -0.3 is 0 Å². The lowest BCUT2D eigenvalue weighted by Crippen LogP contribution is -1.82. The van der Waals surface area contributed by atoms with Crippen LogP contribution in [-0.4, -0.2) is 8.42 Å². The first-order chi connectivity index (χ1) is 6.37. The molecule has 1 aromatic rings. The highest BCUT2D eigenvalue weighted by molar-refractivity contribution is 8.16. The number of hydrogen-bond donors (Lipinski definition) is 0. The second-order valence-corrected chi connectivity index (χ2v) is 5.71. The van der Waals surface area contributed by atoms with Gasteiger partial charge in [0.25, 0.3) is 9.05 Å². The number of aryl methyl sites for hydroxylation is 2. The van der Waals surface area contributed by atoms with E-state index in [4.69, 9.17) is 10.7 Å². The summed E-state index contributed by atoms with van der Waals surface area (Å²) >= 11 is 0. The maximum absolute atomic E-state index is 10.7. The number of halogens is 1. The van der Waals surface area contributed by atoms with Crippen LogP contribution < -0.4 is 0 Å². The molecule has 2 nitrogen and oxygen atoms in total. The maximum atomic E-state index is 10.7. The summed E-state index contributed by atoms with van der Waals surface area (Å²) in [6.07, 6.45) is 1.49. The Kier molecular flexibility index (Phi) is 3.34. The highest BCUT2D eigenvalue weighted by Gasteiger charge is 1.97. The molecule has 0 aromatic heterocycles.